The summed E-state index contributed by atoms with van der Waals surface area (Å²) in [6.07, 6.45) is 4.29. The molecule has 0 aliphatic carbocycles. The van der Waals surface area contributed by atoms with E-state index in [1.54, 1.807) is 4.90 Å². The largest absolute Gasteiger partial charge is 0.351 e. The minimum Gasteiger partial charge on any atom is -0.351 e. The number of carbonyl (C=O) groups is 2. The van der Waals surface area contributed by atoms with E-state index in [1.807, 2.05) is 24.3 Å². The molecular weight excluding hydrogens is 320 g/mol. The number of anilines is 1. The Balaban J connectivity index is 1.71. The third-order valence-electron chi connectivity index (χ3n) is 4.82. The molecule has 1 saturated heterocycles. The second-order valence-electron chi connectivity index (χ2n) is 7.28. The summed E-state index contributed by atoms with van der Waals surface area (Å²) in [7, 11) is 0. The maximum absolute atomic E-state index is 13.0. The van der Waals surface area contributed by atoms with Gasteiger partial charge in [0.2, 0.25) is 5.91 Å². The van der Waals surface area contributed by atoms with Gasteiger partial charge in [-0.1, -0.05) is 50.6 Å². The molecule has 2 aliphatic rings. The van der Waals surface area contributed by atoms with Crippen LogP contribution in [0, 0.1) is 5.92 Å². The van der Waals surface area contributed by atoms with Gasteiger partial charge >= 0.3 is 0 Å². The summed E-state index contributed by atoms with van der Waals surface area (Å²) in [6.45, 7) is 6.50. The second-order valence-corrected chi connectivity index (χ2v) is 8.60. The lowest BCUT2D eigenvalue weighted by molar-refractivity contribution is -0.125. The molecular formula is C19H26N2O2S. The Bertz CT molecular complexity index is 646. The van der Waals surface area contributed by atoms with Gasteiger partial charge in [-0.25, -0.2) is 0 Å². The molecule has 1 aromatic rings. The number of fused-ring (bicyclic) bond motifs is 3. The van der Waals surface area contributed by atoms with E-state index in [-0.39, 0.29) is 17.9 Å². The van der Waals surface area contributed by atoms with Crippen LogP contribution in [0.4, 0.5) is 5.69 Å². The first kappa shape index (κ1) is 17.3. The van der Waals surface area contributed by atoms with Crippen LogP contribution >= 0.6 is 11.8 Å². The van der Waals surface area contributed by atoms with E-state index in [2.05, 4.69) is 26.1 Å². The van der Waals surface area contributed by atoms with Crippen molar-refractivity contribution in [3.8, 4) is 0 Å². The van der Waals surface area contributed by atoms with Crippen molar-refractivity contribution in [2.24, 2.45) is 5.92 Å². The third-order valence-corrected chi connectivity index (χ3v) is 6.30. The van der Waals surface area contributed by atoms with Crippen molar-refractivity contribution in [1.82, 2.24) is 5.32 Å². The third kappa shape index (κ3) is 3.06. The van der Waals surface area contributed by atoms with Crippen LogP contribution in [0.5, 0.6) is 0 Å². The molecule has 130 valence electrons. The van der Waals surface area contributed by atoms with Gasteiger partial charge < -0.3 is 5.32 Å². The highest BCUT2D eigenvalue weighted by Gasteiger charge is 2.57. The van der Waals surface area contributed by atoms with Crippen molar-refractivity contribution in [2.75, 3.05) is 4.90 Å². The van der Waals surface area contributed by atoms with Gasteiger partial charge in [0.1, 0.15) is 0 Å². The highest BCUT2D eigenvalue weighted by molar-refractivity contribution is 8.02. The van der Waals surface area contributed by atoms with E-state index in [0.717, 1.165) is 23.4 Å². The number of rotatable bonds is 6. The van der Waals surface area contributed by atoms with Crippen molar-refractivity contribution in [3.05, 3.63) is 24.3 Å². The van der Waals surface area contributed by atoms with Gasteiger partial charge in [-0.2, -0.15) is 0 Å². The molecule has 1 fully saturated rings. The quantitative estimate of drug-likeness (QED) is 0.848. The Hall–Kier alpha value is -1.49. The van der Waals surface area contributed by atoms with Crippen LogP contribution in [0.3, 0.4) is 0 Å². The maximum atomic E-state index is 13.0. The lowest BCUT2D eigenvalue weighted by atomic mass is 10.0. The molecule has 1 aromatic carbocycles. The number of nitrogens with one attached hydrogen (secondary N) is 1. The van der Waals surface area contributed by atoms with Crippen molar-refractivity contribution < 1.29 is 9.59 Å². The molecule has 2 unspecified atom stereocenters. The number of amides is 2. The summed E-state index contributed by atoms with van der Waals surface area (Å²) in [6, 6.07) is 7.94. The van der Waals surface area contributed by atoms with E-state index in [9.17, 15) is 9.59 Å². The van der Waals surface area contributed by atoms with Crippen LogP contribution in [0.15, 0.2) is 29.2 Å². The fourth-order valence-corrected chi connectivity index (χ4v) is 4.96. The van der Waals surface area contributed by atoms with Crippen LogP contribution in [-0.2, 0) is 9.59 Å². The van der Waals surface area contributed by atoms with Crippen LogP contribution in [0.25, 0.3) is 0 Å². The Morgan fingerprint density at radius 3 is 2.79 bits per heavy atom. The minimum absolute atomic E-state index is 0.0217. The Morgan fingerprint density at radius 2 is 2.04 bits per heavy atom. The number of nitrogens with zero attached hydrogens (tertiary/aromatic N) is 1. The molecule has 2 amide bonds. The minimum atomic E-state index is -0.785. The molecule has 3 rings (SSSR count). The predicted molar refractivity (Wildman–Crippen MR) is 98.0 cm³/mol. The van der Waals surface area contributed by atoms with Gasteiger partial charge in [0.15, 0.2) is 4.87 Å². The number of para-hydroxylation sites is 1. The number of hydrogen-bond acceptors (Lipinski definition) is 3. The molecule has 0 bridgehead atoms. The SMILES string of the molecule is CC(C)CCCC(C)NC(=O)C12CCC(=O)N1c1ccccc1S2. The van der Waals surface area contributed by atoms with Crippen molar-refractivity contribution >= 4 is 29.3 Å². The number of benzene rings is 1. The van der Waals surface area contributed by atoms with Gasteiger partial charge in [0.05, 0.1) is 5.69 Å². The average molecular weight is 346 g/mol. The molecule has 0 radical (unpaired) electrons. The zero-order valence-electron chi connectivity index (χ0n) is 14.7. The van der Waals surface area contributed by atoms with Crippen molar-refractivity contribution in [2.45, 2.75) is 68.7 Å². The highest BCUT2D eigenvalue weighted by Crippen LogP contribution is 2.55. The van der Waals surface area contributed by atoms with Crippen molar-refractivity contribution in [1.29, 1.82) is 0 Å². The first-order chi connectivity index (χ1) is 11.4. The number of thioether (sulfide) groups is 1. The maximum Gasteiger partial charge on any atom is 0.257 e. The standard InChI is InChI=1S/C19H26N2O2S/c1-13(2)7-6-8-14(3)20-18(23)19-12-11-17(22)21(19)15-9-4-5-10-16(15)24-19/h4-5,9-10,13-14H,6-8,11-12H2,1-3H3,(H,20,23). The zero-order chi connectivity index (χ0) is 17.3. The summed E-state index contributed by atoms with van der Waals surface area (Å²) in [4.78, 5) is 27.4. The number of hydrogen-bond donors (Lipinski definition) is 1. The summed E-state index contributed by atoms with van der Waals surface area (Å²) in [5.41, 5.74) is 0.882. The first-order valence-electron chi connectivity index (χ1n) is 8.86. The second kappa shape index (κ2) is 6.79. The zero-order valence-corrected chi connectivity index (χ0v) is 15.5. The van der Waals surface area contributed by atoms with Gasteiger partial charge in [0, 0.05) is 17.4 Å². The molecule has 2 aliphatic heterocycles. The molecule has 1 N–H and O–H groups in total. The van der Waals surface area contributed by atoms with Gasteiger partial charge in [-0.05, 0) is 37.8 Å². The summed E-state index contributed by atoms with van der Waals surface area (Å²) < 4.78 is 0. The predicted octanol–water partition coefficient (Wildman–Crippen LogP) is 3.95. The van der Waals surface area contributed by atoms with E-state index in [0.29, 0.717) is 18.8 Å². The molecule has 2 atom stereocenters. The monoisotopic (exact) mass is 346 g/mol. The fraction of sp³-hybridized carbons (Fsp3) is 0.579. The van der Waals surface area contributed by atoms with Crippen molar-refractivity contribution in [3.63, 3.8) is 0 Å². The van der Waals surface area contributed by atoms with Crippen LogP contribution in [-0.4, -0.2) is 22.7 Å². The van der Waals surface area contributed by atoms with Gasteiger partial charge in [-0.3, -0.25) is 14.5 Å². The van der Waals surface area contributed by atoms with Gasteiger partial charge in [0.25, 0.3) is 5.91 Å². The summed E-state index contributed by atoms with van der Waals surface area (Å²) in [5, 5.41) is 3.16. The molecule has 2 heterocycles. The highest BCUT2D eigenvalue weighted by atomic mass is 32.2. The Kier molecular flexibility index (Phi) is 4.90. The summed E-state index contributed by atoms with van der Waals surface area (Å²) in [5.74, 6) is 0.719. The van der Waals surface area contributed by atoms with Crippen LogP contribution < -0.4 is 10.2 Å². The molecule has 0 saturated carbocycles. The van der Waals surface area contributed by atoms with E-state index in [1.165, 1.54) is 18.2 Å². The van der Waals surface area contributed by atoms with Crippen LogP contribution in [0.1, 0.15) is 52.9 Å². The normalized spacial score (nSPS) is 23.3. The molecule has 0 spiro atoms. The lowest BCUT2D eigenvalue weighted by Crippen LogP contribution is -2.54. The van der Waals surface area contributed by atoms with E-state index in [4.69, 9.17) is 0 Å². The topological polar surface area (TPSA) is 49.4 Å². The Morgan fingerprint density at radius 1 is 1.29 bits per heavy atom. The van der Waals surface area contributed by atoms with Gasteiger partial charge in [-0.15, -0.1) is 0 Å². The van der Waals surface area contributed by atoms with E-state index < -0.39 is 4.87 Å². The average Bonchev–Trinajstić information content (AvgIpc) is 3.03. The summed E-state index contributed by atoms with van der Waals surface area (Å²) >= 11 is 1.53. The molecule has 0 aromatic heterocycles. The Labute approximate surface area is 148 Å². The van der Waals surface area contributed by atoms with E-state index >= 15 is 0 Å². The first-order valence-corrected chi connectivity index (χ1v) is 9.68. The number of carbonyl (C=O) groups excluding carboxylic acids is 2. The smallest absolute Gasteiger partial charge is 0.257 e. The van der Waals surface area contributed by atoms with Crippen LogP contribution in [0.2, 0.25) is 0 Å². The fourth-order valence-electron chi connectivity index (χ4n) is 3.54. The lowest BCUT2D eigenvalue weighted by Gasteiger charge is -2.31. The molecule has 24 heavy (non-hydrogen) atoms. The molecule has 5 heteroatoms. The molecule has 4 nitrogen and oxygen atoms in total.